The standard InChI is InChI=1S/C18H23ClN6O2/c1-3-20-16(26)12-23-7-9-24(10-8-23)18(27)17-13(2)21-25(22-17)15-6-4-5-14(19)11-15/h4-6,11H,3,7-10,12H2,1-2H3,(H,20,26). The fourth-order valence-corrected chi connectivity index (χ4v) is 3.19. The molecule has 1 aliphatic heterocycles. The summed E-state index contributed by atoms with van der Waals surface area (Å²) >= 11 is 6.02. The highest BCUT2D eigenvalue weighted by Gasteiger charge is 2.26. The zero-order valence-corrected chi connectivity index (χ0v) is 16.2. The summed E-state index contributed by atoms with van der Waals surface area (Å²) in [5, 5.41) is 12.1. The van der Waals surface area contributed by atoms with Gasteiger partial charge in [-0.2, -0.15) is 9.90 Å². The third-order valence-corrected chi connectivity index (χ3v) is 4.66. The van der Waals surface area contributed by atoms with Crippen molar-refractivity contribution in [3.8, 4) is 5.69 Å². The van der Waals surface area contributed by atoms with Crippen LogP contribution in [0.2, 0.25) is 5.02 Å². The van der Waals surface area contributed by atoms with Crippen LogP contribution in [0.4, 0.5) is 0 Å². The van der Waals surface area contributed by atoms with E-state index in [0.717, 1.165) is 0 Å². The fraction of sp³-hybridized carbons (Fsp3) is 0.444. The van der Waals surface area contributed by atoms with Crippen LogP contribution in [0.1, 0.15) is 23.1 Å². The van der Waals surface area contributed by atoms with Gasteiger partial charge in [-0.25, -0.2) is 0 Å². The van der Waals surface area contributed by atoms with Crippen molar-refractivity contribution in [2.75, 3.05) is 39.3 Å². The summed E-state index contributed by atoms with van der Waals surface area (Å²) in [5.74, 6) is -0.129. The van der Waals surface area contributed by atoms with E-state index in [2.05, 4.69) is 15.5 Å². The summed E-state index contributed by atoms with van der Waals surface area (Å²) in [6.45, 7) is 7.08. The van der Waals surface area contributed by atoms with Gasteiger partial charge in [-0.1, -0.05) is 17.7 Å². The van der Waals surface area contributed by atoms with Gasteiger partial charge in [0, 0.05) is 37.7 Å². The van der Waals surface area contributed by atoms with Crippen LogP contribution in [0.25, 0.3) is 5.69 Å². The lowest BCUT2D eigenvalue weighted by atomic mass is 10.2. The van der Waals surface area contributed by atoms with Crippen LogP contribution in [0.15, 0.2) is 24.3 Å². The Bertz CT molecular complexity index is 829. The Hall–Kier alpha value is -2.45. The van der Waals surface area contributed by atoms with E-state index in [1.165, 1.54) is 4.80 Å². The topological polar surface area (TPSA) is 83.4 Å². The lowest BCUT2D eigenvalue weighted by molar-refractivity contribution is -0.122. The molecule has 9 heteroatoms. The number of aryl methyl sites for hydroxylation is 1. The second-order valence-corrected chi connectivity index (χ2v) is 6.86. The van der Waals surface area contributed by atoms with E-state index in [4.69, 9.17) is 11.6 Å². The summed E-state index contributed by atoms with van der Waals surface area (Å²) in [4.78, 5) is 29.8. The summed E-state index contributed by atoms with van der Waals surface area (Å²) < 4.78 is 0. The number of carbonyl (C=O) groups is 2. The third-order valence-electron chi connectivity index (χ3n) is 4.42. The monoisotopic (exact) mass is 390 g/mol. The van der Waals surface area contributed by atoms with Gasteiger partial charge >= 0.3 is 0 Å². The zero-order valence-electron chi connectivity index (χ0n) is 15.5. The lowest BCUT2D eigenvalue weighted by Gasteiger charge is -2.33. The van der Waals surface area contributed by atoms with E-state index >= 15 is 0 Å². The van der Waals surface area contributed by atoms with Gasteiger partial charge in [0.25, 0.3) is 5.91 Å². The summed E-state index contributed by atoms with van der Waals surface area (Å²) in [7, 11) is 0. The third kappa shape index (κ3) is 4.64. The van der Waals surface area contributed by atoms with Crippen LogP contribution in [-0.2, 0) is 4.79 Å². The fourth-order valence-electron chi connectivity index (χ4n) is 3.01. The Kier molecular flexibility index (Phi) is 6.08. The largest absolute Gasteiger partial charge is 0.355 e. The number of carbonyl (C=O) groups excluding carboxylic acids is 2. The van der Waals surface area contributed by atoms with Crippen molar-refractivity contribution in [1.82, 2.24) is 30.1 Å². The van der Waals surface area contributed by atoms with E-state index in [9.17, 15) is 9.59 Å². The number of nitrogens with zero attached hydrogens (tertiary/aromatic N) is 5. The normalized spacial score (nSPS) is 15.0. The Balaban J connectivity index is 1.64. The Morgan fingerprint density at radius 3 is 2.59 bits per heavy atom. The second kappa shape index (κ2) is 8.49. The van der Waals surface area contributed by atoms with Crippen LogP contribution in [0.5, 0.6) is 0 Å². The van der Waals surface area contributed by atoms with Crippen LogP contribution in [0.3, 0.4) is 0 Å². The molecule has 2 heterocycles. The molecule has 2 aromatic rings. The molecule has 0 saturated carbocycles. The molecule has 0 radical (unpaired) electrons. The van der Waals surface area contributed by atoms with E-state index in [1.54, 1.807) is 24.0 Å². The first kappa shape index (κ1) is 19.3. The van der Waals surface area contributed by atoms with Crippen molar-refractivity contribution in [3.63, 3.8) is 0 Å². The maximum atomic E-state index is 12.8. The quantitative estimate of drug-likeness (QED) is 0.827. The SMILES string of the molecule is CCNC(=O)CN1CCN(C(=O)c2nn(-c3cccc(Cl)c3)nc2C)CC1. The van der Waals surface area contributed by atoms with Gasteiger partial charge in [0.05, 0.1) is 17.9 Å². The van der Waals surface area contributed by atoms with Gasteiger partial charge < -0.3 is 10.2 Å². The number of hydrogen-bond donors (Lipinski definition) is 1. The highest BCUT2D eigenvalue weighted by Crippen LogP contribution is 2.16. The molecule has 144 valence electrons. The first-order chi connectivity index (χ1) is 13.0. The molecule has 0 atom stereocenters. The number of aromatic nitrogens is 3. The summed E-state index contributed by atoms with van der Waals surface area (Å²) in [6, 6.07) is 7.16. The number of nitrogens with one attached hydrogen (secondary N) is 1. The van der Waals surface area contributed by atoms with E-state index in [1.807, 2.05) is 24.0 Å². The number of rotatable bonds is 5. The van der Waals surface area contributed by atoms with Crippen LogP contribution >= 0.6 is 11.6 Å². The van der Waals surface area contributed by atoms with Crippen LogP contribution in [0, 0.1) is 6.92 Å². The van der Waals surface area contributed by atoms with Gasteiger partial charge in [0.15, 0.2) is 5.69 Å². The number of amides is 2. The molecule has 1 aromatic carbocycles. The van der Waals surface area contributed by atoms with Crippen molar-refractivity contribution >= 4 is 23.4 Å². The molecule has 2 amide bonds. The first-order valence-electron chi connectivity index (χ1n) is 8.96. The van der Waals surface area contributed by atoms with Crippen LogP contribution in [-0.4, -0.2) is 75.9 Å². The van der Waals surface area contributed by atoms with Gasteiger partial charge in [0.2, 0.25) is 5.91 Å². The molecule has 8 nitrogen and oxygen atoms in total. The zero-order chi connectivity index (χ0) is 19.4. The second-order valence-electron chi connectivity index (χ2n) is 6.43. The minimum atomic E-state index is -0.140. The Morgan fingerprint density at radius 2 is 1.93 bits per heavy atom. The highest BCUT2D eigenvalue weighted by atomic mass is 35.5. The lowest BCUT2D eigenvalue weighted by Crippen LogP contribution is -2.51. The predicted molar refractivity (Wildman–Crippen MR) is 102 cm³/mol. The number of benzene rings is 1. The molecule has 0 unspecified atom stereocenters. The average Bonchev–Trinajstić information content (AvgIpc) is 3.04. The summed E-state index contributed by atoms with van der Waals surface area (Å²) in [6.07, 6.45) is 0. The molecule has 1 aromatic heterocycles. The van der Waals surface area contributed by atoms with Crippen molar-refractivity contribution in [3.05, 3.63) is 40.7 Å². The predicted octanol–water partition coefficient (Wildman–Crippen LogP) is 1.12. The Labute approximate surface area is 163 Å². The number of hydrogen-bond acceptors (Lipinski definition) is 5. The number of halogens is 1. The smallest absolute Gasteiger partial charge is 0.276 e. The van der Waals surface area contributed by atoms with Crippen LogP contribution < -0.4 is 5.32 Å². The first-order valence-corrected chi connectivity index (χ1v) is 9.34. The van der Waals surface area contributed by atoms with Gasteiger partial charge in [-0.15, -0.1) is 5.10 Å². The van der Waals surface area contributed by atoms with E-state index in [0.29, 0.717) is 61.4 Å². The maximum absolute atomic E-state index is 12.8. The molecular formula is C18H23ClN6O2. The molecule has 1 aliphatic rings. The highest BCUT2D eigenvalue weighted by molar-refractivity contribution is 6.30. The summed E-state index contributed by atoms with van der Waals surface area (Å²) in [5.41, 5.74) is 1.62. The molecule has 0 spiro atoms. The van der Waals surface area contributed by atoms with Crippen molar-refractivity contribution in [2.45, 2.75) is 13.8 Å². The van der Waals surface area contributed by atoms with Crippen molar-refractivity contribution in [2.24, 2.45) is 0 Å². The van der Waals surface area contributed by atoms with Gasteiger partial charge in [-0.3, -0.25) is 14.5 Å². The molecular weight excluding hydrogens is 368 g/mol. The molecule has 1 N–H and O–H groups in total. The molecule has 3 rings (SSSR count). The van der Waals surface area contributed by atoms with E-state index < -0.39 is 0 Å². The molecule has 0 bridgehead atoms. The minimum Gasteiger partial charge on any atom is -0.355 e. The number of piperazine rings is 1. The maximum Gasteiger partial charge on any atom is 0.276 e. The molecule has 1 saturated heterocycles. The molecule has 0 aliphatic carbocycles. The van der Waals surface area contributed by atoms with Gasteiger partial charge in [-0.05, 0) is 32.0 Å². The van der Waals surface area contributed by atoms with E-state index in [-0.39, 0.29) is 11.8 Å². The number of likely N-dealkylation sites (N-methyl/N-ethyl adjacent to an activating group) is 1. The molecule has 27 heavy (non-hydrogen) atoms. The average molecular weight is 391 g/mol. The van der Waals surface area contributed by atoms with Crippen molar-refractivity contribution < 1.29 is 9.59 Å². The molecule has 1 fully saturated rings. The minimum absolute atomic E-state index is 0.0117. The van der Waals surface area contributed by atoms with Crippen molar-refractivity contribution in [1.29, 1.82) is 0 Å². The Morgan fingerprint density at radius 1 is 1.19 bits per heavy atom. The van der Waals surface area contributed by atoms with Gasteiger partial charge in [0.1, 0.15) is 0 Å².